The Hall–Kier alpha value is -2.30. The minimum Gasteiger partial charge on any atom is -0.339 e. The van der Waals surface area contributed by atoms with E-state index in [2.05, 4.69) is 22.0 Å². The van der Waals surface area contributed by atoms with Crippen molar-refractivity contribution in [3.05, 3.63) is 48.3 Å². The molecule has 1 aliphatic rings. The maximum Gasteiger partial charge on any atom is 0.223 e. The Balaban J connectivity index is 1.49. The molecule has 116 valence electrons. The molecule has 0 atom stereocenters. The monoisotopic (exact) mass is 298 g/mol. The Morgan fingerprint density at radius 2 is 1.86 bits per heavy atom. The fraction of sp³-hybridized carbons (Fsp3) is 0.412. The lowest BCUT2D eigenvalue weighted by Gasteiger charge is -2.35. The molecule has 1 aromatic heterocycles. The van der Waals surface area contributed by atoms with E-state index in [-0.39, 0.29) is 5.91 Å². The topological polar surface area (TPSA) is 41.4 Å². The van der Waals surface area contributed by atoms with Gasteiger partial charge in [0.25, 0.3) is 0 Å². The van der Waals surface area contributed by atoms with E-state index in [1.807, 2.05) is 47.1 Å². The second kappa shape index (κ2) is 6.64. The molecule has 1 saturated heterocycles. The lowest BCUT2D eigenvalue weighted by Crippen LogP contribution is -2.49. The first kappa shape index (κ1) is 14.6. The molecular weight excluding hydrogens is 276 g/mol. The Bertz CT molecular complexity index is 615. The normalized spacial score (nSPS) is 15.1. The van der Waals surface area contributed by atoms with E-state index in [4.69, 9.17) is 0 Å². The van der Waals surface area contributed by atoms with Gasteiger partial charge in [-0.15, -0.1) is 0 Å². The summed E-state index contributed by atoms with van der Waals surface area (Å²) in [6.45, 7) is 3.25. The average Bonchev–Trinajstić information content (AvgIpc) is 3.00. The molecule has 22 heavy (non-hydrogen) atoms. The zero-order valence-electron chi connectivity index (χ0n) is 13.0. The number of anilines is 1. The molecule has 1 aromatic carbocycles. The van der Waals surface area contributed by atoms with Crippen molar-refractivity contribution < 1.29 is 4.79 Å². The smallest absolute Gasteiger partial charge is 0.223 e. The standard InChI is InChI=1S/C17H22N4O/c1-19-10-9-18-17(19)21-13-11-20(12-14-21)16(22)8-7-15-5-3-2-4-6-15/h2-6,9-10H,7-8,11-14H2,1H3. The van der Waals surface area contributed by atoms with E-state index in [1.54, 1.807) is 0 Å². The number of aromatic nitrogens is 2. The van der Waals surface area contributed by atoms with Gasteiger partial charge < -0.3 is 14.4 Å². The lowest BCUT2D eigenvalue weighted by atomic mass is 10.1. The molecule has 0 unspecified atom stereocenters. The van der Waals surface area contributed by atoms with Gasteiger partial charge in [0.05, 0.1) is 0 Å². The number of nitrogens with zero attached hydrogens (tertiary/aromatic N) is 4. The third-order valence-corrected chi connectivity index (χ3v) is 4.18. The van der Waals surface area contributed by atoms with Crippen LogP contribution in [0.3, 0.4) is 0 Å². The number of piperazine rings is 1. The van der Waals surface area contributed by atoms with Gasteiger partial charge in [-0.1, -0.05) is 30.3 Å². The Morgan fingerprint density at radius 1 is 1.14 bits per heavy atom. The molecule has 1 amide bonds. The summed E-state index contributed by atoms with van der Waals surface area (Å²) in [6, 6.07) is 10.2. The molecule has 0 N–H and O–H groups in total. The van der Waals surface area contributed by atoms with Crippen LogP contribution >= 0.6 is 0 Å². The largest absolute Gasteiger partial charge is 0.339 e. The minimum absolute atomic E-state index is 0.253. The molecule has 3 rings (SSSR count). The molecule has 1 aliphatic heterocycles. The molecule has 0 spiro atoms. The van der Waals surface area contributed by atoms with Crippen molar-refractivity contribution in [3.63, 3.8) is 0 Å². The molecule has 0 bridgehead atoms. The van der Waals surface area contributed by atoms with E-state index in [1.165, 1.54) is 5.56 Å². The van der Waals surface area contributed by atoms with E-state index in [9.17, 15) is 4.79 Å². The van der Waals surface area contributed by atoms with Crippen LogP contribution in [-0.4, -0.2) is 46.5 Å². The number of hydrogen-bond acceptors (Lipinski definition) is 3. The van der Waals surface area contributed by atoms with Gasteiger partial charge in [-0.05, 0) is 12.0 Å². The summed E-state index contributed by atoms with van der Waals surface area (Å²) in [7, 11) is 2.00. The van der Waals surface area contributed by atoms with Gasteiger partial charge in [0.2, 0.25) is 11.9 Å². The van der Waals surface area contributed by atoms with Crippen LogP contribution in [0.5, 0.6) is 0 Å². The number of aryl methyl sites for hydroxylation is 2. The summed E-state index contributed by atoms with van der Waals surface area (Å²) in [5, 5.41) is 0. The first-order valence-corrected chi connectivity index (χ1v) is 7.78. The lowest BCUT2D eigenvalue weighted by molar-refractivity contribution is -0.131. The number of rotatable bonds is 4. The molecule has 0 aliphatic carbocycles. The van der Waals surface area contributed by atoms with Gasteiger partial charge >= 0.3 is 0 Å². The predicted octanol–water partition coefficient (Wildman–Crippen LogP) is 1.70. The van der Waals surface area contributed by atoms with Crippen LogP contribution in [0.15, 0.2) is 42.7 Å². The fourth-order valence-corrected chi connectivity index (χ4v) is 2.87. The van der Waals surface area contributed by atoms with Crippen molar-refractivity contribution in [1.82, 2.24) is 14.5 Å². The Kier molecular flexibility index (Phi) is 4.42. The van der Waals surface area contributed by atoms with E-state index >= 15 is 0 Å². The van der Waals surface area contributed by atoms with Crippen molar-refractivity contribution in [2.24, 2.45) is 7.05 Å². The van der Waals surface area contributed by atoms with Crippen molar-refractivity contribution in [2.75, 3.05) is 31.1 Å². The van der Waals surface area contributed by atoms with Crippen LogP contribution < -0.4 is 4.90 Å². The van der Waals surface area contributed by atoms with E-state index in [0.717, 1.165) is 38.5 Å². The number of amides is 1. The number of carbonyl (C=O) groups is 1. The van der Waals surface area contributed by atoms with E-state index < -0.39 is 0 Å². The molecule has 2 aromatic rings. The number of benzene rings is 1. The summed E-state index contributed by atoms with van der Waals surface area (Å²) in [5.41, 5.74) is 1.22. The van der Waals surface area contributed by atoms with Gasteiger partial charge in [-0.2, -0.15) is 0 Å². The quantitative estimate of drug-likeness (QED) is 0.863. The van der Waals surface area contributed by atoms with Crippen LogP contribution in [0.1, 0.15) is 12.0 Å². The van der Waals surface area contributed by atoms with Crippen LogP contribution in [0, 0.1) is 0 Å². The highest BCUT2D eigenvalue weighted by Gasteiger charge is 2.22. The second-order valence-corrected chi connectivity index (χ2v) is 5.69. The molecule has 5 nitrogen and oxygen atoms in total. The second-order valence-electron chi connectivity index (χ2n) is 5.69. The molecule has 1 fully saturated rings. The van der Waals surface area contributed by atoms with Gasteiger partial charge in [0.15, 0.2) is 0 Å². The van der Waals surface area contributed by atoms with Crippen molar-refractivity contribution >= 4 is 11.9 Å². The van der Waals surface area contributed by atoms with Gasteiger partial charge in [-0.3, -0.25) is 4.79 Å². The van der Waals surface area contributed by atoms with Crippen LogP contribution in [-0.2, 0) is 18.3 Å². The number of carbonyl (C=O) groups excluding carboxylic acids is 1. The third kappa shape index (κ3) is 3.30. The van der Waals surface area contributed by atoms with Crippen LogP contribution in [0.4, 0.5) is 5.95 Å². The third-order valence-electron chi connectivity index (χ3n) is 4.18. The molecule has 0 radical (unpaired) electrons. The maximum atomic E-state index is 12.3. The summed E-state index contributed by atoms with van der Waals surface area (Å²) >= 11 is 0. The predicted molar refractivity (Wildman–Crippen MR) is 86.8 cm³/mol. The SMILES string of the molecule is Cn1ccnc1N1CCN(C(=O)CCc2ccccc2)CC1. The number of imidazole rings is 1. The van der Waals surface area contributed by atoms with Crippen molar-refractivity contribution in [3.8, 4) is 0 Å². The van der Waals surface area contributed by atoms with E-state index in [0.29, 0.717) is 6.42 Å². The van der Waals surface area contributed by atoms with Crippen molar-refractivity contribution in [2.45, 2.75) is 12.8 Å². The van der Waals surface area contributed by atoms with Crippen LogP contribution in [0.25, 0.3) is 0 Å². The average molecular weight is 298 g/mol. The van der Waals surface area contributed by atoms with Gasteiger partial charge in [0.1, 0.15) is 0 Å². The highest BCUT2D eigenvalue weighted by Crippen LogP contribution is 2.14. The fourth-order valence-electron chi connectivity index (χ4n) is 2.87. The van der Waals surface area contributed by atoms with Crippen molar-refractivity contribution in [1.29, 1.82) is 0 Å². The first-order chi connectivity index (χ1) is 10.7. The highest BCUT2D eigenvalue weighted by molar-refractivity contribution is 5.76. The summed E-state index contributed by atoms with van der Waals surface area (Å²) in [6.07, 6.45) is 5.17. The Labute approximate surface area is 131 Å². The molecular formula is C17H22N4O. The molecule has 5 heteroatoms. The summed E-state index contributed by atoms with van der Waals surface area (Å²) in [5.74, 6) is 1.24. The van der Waals surface area contributed by atoms with Gasteiger partial charge in [0, 0.05) is 52.0 Å². The Morgan fingerprint density at radius 3 is 2.50 bits per heavy atom. The molecule has 0 saturated carbocycles. The summed E-state index contributed by atoms with van der Waals surface area (Å²) in [4.78, 5) is 20.9. The molecule has 2 heterocycles. The zero-order chi connectivity index (χ0) is 15.4. The summed E-state index contributed by atoms with van der Waals surface area (Å²) < 4.78 is 2.02. The van der Waals surface area contributed by atoms with Crippen LogP contribution in [0.2, 0.25) is 0 Å². The maximum absolute atomic E-state index is 12.3. The zero-order valence-corrected chi connectivity index (χ0v) is 13.0. The van der Waals surface area contributed by atoms with Gasteiger partial charge in [-0.25, -0.2) is 4.98 Å². The minimum atomic E-state index is 0.253. The first-order valence-electron chi connectivity index (χ1n) is 7.78. The highest BCUT2D eigenvalue weighted by atomic mass is 16.2. The number of hydrogen-bond donors (Lipinski definition) is 0.